The van der Waals surface area contributed by atoms with Crippen LogP contribution in [0.5, 0.6) is 0 Å². The highest BCUT2D eigenvalue weighted by molar-refractivity contribution is 6.30. The first-order valence-electron chi connectivity index (χ1n) is 7.43. The number of rotatable bonds is 5. The van der Waals surface area contributed by atoms with E-state index < -0.39 is 0 Å². The van der Waals surface area contributed by atoms with Crippen molar-refractivity contribution in [1.29, 1.82) is 0 Å². The molecule has 2 aromatic rings. The van der Waals surface area contributed by atoms with Crippen LogP contribution in [0.2, 0.25) is 5.02 Å². The highest BCUT2D eigenvalue weighted by Gasteiger charge is 2.17. The summed E-state index contributed by atoms with van der Waals surface area (Å²) in [6.45, 7) is 6.41. The number of aliphatic hydroxyl groups is 1. The fourth-order valence-electron chi connectivity index (χ4n) is 2.79. The van der Waals surface area contributed by atoms with Crippen LogP contribution in [-0.4, -0.2) is 63.6 Å². The maximum Gasteiger partial charge on any atom is 0.137 e. The van der Waals surface area contributed by atoms with Crippen molar-refractivity contribution >= 4 is 17.2 Å². The second-order valence-electron chi connectivity index (χ2n) is 5.54. The van der Waals surface area contributed by atoms with Gasteiger partial charge in [0.25, 0.3) is 0 Å². The normalized spacial score (nSPS) is 17.6. The zero-order valence-corrected chi connectivity index (χ0v) is 12.8. The summed E-state index contributed by atoms with van der Waals surface area (Å²) in [5.41, 5.74) is 2.03. The SMILES string of the molecule is OCCCN1CCN(Cc2cn3cc(Cl)ccc3n2)CC1. The fraction of sp³-hybridized carbons (Fsp3) is 0.533. The zero-order valence-electron chi connectivity index (χ0n) is 12.1. The van der Waals surface area contributed by atoms with Crippen molar-refractivity contribution in [2.75, 3.05) is 39.3 Å². The van der Waals surface area contributed by atoms with Gasteiger partial charge in [-0.25, -0.2) is 4.98 Å². The summed E-state index contributed by atoms with van der Waals surface area (Å²) in [6, 6.07) is 3.81. The Morgan fingerprint density at radius 2 is 1.86 bits per heavy atom. The van der Waals surface area contributed by atoms with E-state index in [9.17, 15) is 0 Å². The van der Waals surface area contributed by atoms with Gasteiger partial charge < -0.3 is 14.4 Å². The molecule has 0 atom stereocenters. The van der Waals surface area contributed by atoms with Crippen LogP contribution in [-0.2, 0) is 6.54 Å². The minimum absolute atomic E-state index is 0.282. The second-order valence-corrected chi connectivity index (χ2v) is 5.98. The van der Waals surface area contributed by atoms with E-state index in [1.54, 1.807) is 0 Å². The molecule has 3 rings (SSSR count). The van der Waals surface area contributed by atoms with E-state index in [0.717, 1.165) is 62.1 Å². The van der Waals surface area contributed by atoms with Crippen LogP contribution in [0, 0.1) is 0 Å². The smallest absolute Gasteiger partial charge is 0.137 e. The molecule has 1 N–H and O–H groups in total. The molecule has 5 nitrogen and oxygen atoms in total. The van der Waals surface area contributed by atoms with Gasteiger partial charge in [0.05, 0.1) is 10.7 Å². The Labute approximate surface area is 129 Å². The minimum Gasteiger partial charge on any atom is -0.396 e. The van der Waals surface area contributed by atoms with E-state index in [-0.39, 0.29) is 6.61 Å². The highest BCUT2D eigenvalue weighted by atomic mass is 35.5. The van der Waals surface area contributed by atoms with Crippen molar-refractivity contribution < 1.29 is 5.11 Å². The largest absolute Gasteiger partial charge is 0.396 e. The number of aliphatic hydroxyl groups excluding tert-OH is 1. The molecule has 6 heteroatoms. The first kappa shape index (κ1) is 14.8. The van der Waals surface area contributed by atoms with E-state index in [2.05, 4.69) is 21.0 Å². The molecule has 0 aromatic carbocycles. The molecule has 0 unspecified atom stereocenters. The zero-order chi connectivity index (χ0) is 14.7. The van der Waals surface area contributed by atoms with Gasteiger partial charge in [0.2, 0.25) is 0 Å². The van der Waals surface area contributed by atoms with Crippen molar-refractivity contribution in [2.45, 2.75) is 13.0 Å². The third-order valence-electron chi connectivity index (χ3n) is 3.95. The standard InChI is InChI=1S/C15H21ClN4O/c16-13-2-3-15-17-14(12-20(15)10-13)11-19-7-5-18(6-8-19)4-1-9-21/h2-3,10,12,21H,1,4-9,11H2. The van der Waals surface area contributed by atoms with Crippen molar-refractivity contribution in [3.63, 3.8) is 0 Å². The monoisotopic (exact) mass is 308 g/mol. The average Bonchev–Trinajstić information content (AvgIpc) is 2.88. The number of imidazole rings is 1. The summed E-state index contributed by atoms with van der Waals surface area (Å²) in [6.07, 6.45) is 4.81. The number of piperazine rings is 1. The minimum atomic E-state index is 0.282. The van der Waals surface area contributed by atoms with Crippen LogP contribution in [0.25, 0.3) is 5.65 Å². The van der Waals surface area contributed by atoms with E-state index in [0.29, 0.717) is 0 Å². The molecule has 21 heavy (non-hydrogen) atoms. The van der Waals surface area contributed by atoms with Crippen molar-refractivity contribution in [3.05, 3.63) is 35.2 Å². The molecule has 0 radical (unpaired) electrons. The van der Waals surface area contributed by atoms with E-state index >= 15 is 0 Å². The molecule has 1 fully saturated rings. The van der Waals surface area contributed by atoms with Gasteiger partial charge in [0, 0.05) is 58.3 Å². The third kappa shape index (κ3) is 3.74. The summed E-state index contributed by atoms with van der Waals surface area (Å²) >= 11 is 6.00. The van der Waals surface area contributed by atoms with Crippen molar-refractivity contribution in [2.24, 2.45) is 0 Å². The van der Waals surface area contributed by atoms with Gasteiger partial charge in [-0.15, -0.1) is 0 Å². The maximum absolute atomic E-state index is 8.88. The molecule has 1 saturated heterocycles. The molecule has 0 bridgehead atoms. The lowest BCUT2D eigenvalue weighted by Gasteiger charge is -2.34. The lowest BCUT2D eigenvalue weighted by Crippen LogP contribution is -2.46. The van der Waals surface area contributed by atoms with E-state index in [1.807, 2.05) is 22.7 Å². The van der Waals surface area contributed by atoms with Crippen LogP contribution in [0.4, 0.5) is 0 Å². The number of nitrogens with zero attached hydrogens (tertiary/aromatic N) is 4. The Kier molecular flexibility index (Phi) is 4.75. The molecular formula is C15H21ClN4O. The summed E-state index contributed by atoms with van der Waals surface area (Å²) in [5.74, 6) is 0. The quantitative estimate of drug-likeness (QED) is 0.909. The molecule has 1 aliphatic rings. The molecule has 0 aliphatic carbocycles. The Balaban J connectivity index is 1.56. The van der Waals surface area contributed by atoms with Crippen LogP contribution in [0.15, 0.2) is 24.5 Å². The van der Waals surface area contributed by atoms with Gasteiger partial charge in [-0.2, -0.15) is 0 Å². The third-order valence-corrected chi connectivity index (χ3v) is 4.17. The topological polar surface area (TPSA) is 44.0 Å². The number of fused-ring (bicyclic) bond motifs is 1. The molecule has 0 spiro atoms. The molecule has 2 aromatic heterocycles. The summed E-state index contributed by atoms with van der Waals surface area (Å²) in [7, 11) is 0. The Bertz CT molecular complexity index is 592. The number of pyridine rings is 1. The van der Waals surface area contributed by atoms with Crippen molar-refractivity contribution in [1.82, 2.24) is 19.2 Å². The second kappa shape index (κ2) is 6.75. The first-order chi connectivity index (χ1) is 10.2. The van der Waals surface area contributed by atoms with Crippen LogP contribution in [0.1, 0.15) is 12.1 Å². The average molecular weight is 309 g/mol. The van der Waals surface area contributed by atoms with Gasteiger partial charge in [0.1, 0.15) is 5.65 Å². The maximum atomic E-state index is 8.88. The predicted octanol–water partition coefficient (Wildman–Crippen LogP) is 1.49. The Morgan fingerprint density at radius 1 is 1.10 bits per heavy atom. The summed E-state index contributed by atoms with van der Waals surface area (Å²) < 4.78 is 1.98. The van der Waals surface area contributed by atoms with Gasteiger partial charge >= 0.3 is 0 Å². The summed E-state index contributed by atoms with van der Waals surface area (Å²) in [4.78, 5) is 9.47. The lowest BCUT2D eigenvalue weighted by molar-refractivity contribution is 0.119. The first-order valence-corrected chi connectivity index (χ1v) is 7.81. The van der Waals surface area contributed by atoms with Crippen LogP contribution >= 0.6 is 11.6 Å². The van der Waals surface area contributed by atoms with E-state index in [1.165, 1.54) is 0 Å². The molecule has 0 saturated carbocycles. The highest BCUT2D eigenvalue weighted by Crippen LogP contribution is 2.13. The predicted molar refractivity (Wildman–Crippen MR) is 83.6 cm³/mol. The lowest BCUT2D eigenvalue weighted by atomic mass is 10.3. The fourth-order valence-corrected chi connectivity index (χ4v) is 2.96. The van der Waals surface area contributed by atoms with E-state index in [4.69, 9.17) is 16.7 Å². The Hall–Kier alpha value is -1.14. The van der Waals surface area contributed by atoms with Gasteiger partial charge in [-0.3, -0.25) is 4.90 Å². The van der Waals surface area contributed by atoms with Gasteiger partial charge in [-0.05, 0) is 18.6 Å². The number of hydrogen-bond donors (Lipinski definition) is 1. The molecule has 1 aliphatic heterocycles. The van der Waals surface area contributed by atoms with Crippen molar-refractivity contribution in [3.8, 4) is 0 Å². The van der Waals surface area contributed by atoms with Crippen LogP contribution < -0.4 is 0 Å². The van der Waals surface area contributed by atoms with Crippen LogP contribution in [0.3, 0.4) is 0 Å². The number of aromatic nitrogens is 2. The summed E-state index contributed by atoms with van der Waals surface area (Å²) in [5, 5.41) is 9.60. The number of halogens is 1. The van der Waals surface area contributed by atoms with Gasteiger partial charge in [0.15, 0.2) is 0 Å². The molecule has 114 valence electrons. The van der Waals surface area contributed by atoms with Gasteiger partial charge in [-0.1, -0.05) is 11.6 Å². The Morgan fingerprint density at radius 3 is 2.62 bits per heavy atom. The molecule has 3 heterocycles. The molecule has 0 amide bonds. The number of hydrogen-bond acceptors (Lipinski definition) is 4. The molecular weight excluding hydrogens is 288 g/mol.